The molecule has 1 aromatic heterocycles. The van der Waals surface area contributed by atoms with E-state index in [1.165, 1.54) is 0 Å². The predicted molar refractivity (Wildman–Crippen MR) is 161 cm³/mol. The molecule has 224 valence electrons. The number of carbonyl (C=O) groups excluding carboxylic acids is 4. The van der Waals surface area contributed by atoms with Crippen LogP contribution in [0.1, 0.15) is 51.4 Å². The summed E-state index contributed by atoms with van der Waals surface area (Å²) in [5.41, 5.74) is 1.16. The van der Waals surface area contributed by atoms with Crippen molar-refractivity contribution in [3.05, 3.63) is 65.0 Å². The molecule has 4 heterocycles. The molecule has 0 spiro atoms. The van der Waals surface area contributed by atoms with Gasteiger partial charge in [0.2, 0.25) is 17.7 Å². The Morgan fingerprint density at radius 3 is 2.19 bits per heavy atom. The molecule has 2 aromatic carbocycles. The van der Waals surface area contributed by atoms with E-state index in [2.05, 4.69) is 0 Å². The molecule has 0 aliphatic carbocycles. The number of carbonyl (C=O) groups is 4. The molecule has 43 heavy (non-hydrogen) atoms. The summed E-state index contributed by atoms with van der Waals surface area (Å²) in [7, 11) is 0. The third-order valence-electron chi connectivity index (χ3n) is 8.99. The van der Waals surface area contributed by atoms with E-state index >= 15 is 0 Å². The maximum absolute atomic E-state index is 13.8. The van der Waals surface area contributed by atoms with Gasteiger partial charge in [0.25, 0.3) is 5.56 Å². The second-order valence-corrected chi connectivity index (χ2v) is 11.7. The SMILES string of the molecule is O=C(CC(=O)N1CCCC1)[C@@H]1CCCN1C(=O)[C@@H]1CCCN1C(=O)CCn1c(-c2ccccc2)nc2ccccc2c1=O. The summed E-state index contributed by atoms with van der Waals surface area (Å²) in [4.78, 5) is 76.3. The van der Waals surface area contributed by atoms with Gasteiger partial charge in [-0.2, -0.15) is 0 Å². The number of Topliss-reactive ketones (excluding diaryl/α,β-unsaturated/α-hetero) is 1. The van der Waals surface area contributed by atoms with Crippen molar-refractivity contribution in [1.82, 2.24) is 24.3 Å². The molecule has 10 nitrogen and oxygen atoms in total. The molecule has 0 radical (unpaired) electrons. The van der Waals surface area contributed by atoms with Crippen molar-refractivity contribution in [2.75, 3.05) is 26.2 Å². The summed E-state index contributed by atoms with van der Waals surface area (Å²) in [6.45, 7) is 2.40. The van der Waals surface area contributed by atoms with Crippen LogP contribution in [0.2, 0.25) is 0 Å². The van der Waals surface area contributed by atoms with E-state index in [4.69, 9.17) is 4.98 Å². The largest absolute Gasteiger partial charge is 0.342 e. The molecule has 3 aliphatic heterocycles. The standard InChI is InChI=1S/C33H37N5O5/c39-28(22-30(41)35-17-6-7-18-35)26-14-8-20-37(26)33(43)27-15-9-19-36(27)29(40)16-21-38-31(23-10-2-1-3-11-23)34-25-13-5-4-12-24(25)32(38)42/h1-5,10-13,26-27H,6-9,14-22H2/t26-,27-/m0/s1. The van der Waals surface area contributed by atoms with Gasteiger partial charge in [0.15, 0.2) is 5.78 Å². The molecule has 0 bridgehead atoms. The highest BCUT2D eigenvalue weighted by Crippen LogP contribution is 2.27. The molecule has 6 rings (SSSR count). The van der Waals surface area contributed by atoms with Gasteiger partial charge in [0.1, 0.15) is 11.9 Å². The van der Waals surface area contributed by atoms with E-state index in [-0.39, 0.29) is 48.5 Å². The van der Waals surface area contributed by atoms with Gasteiger partial charge < -0.3 is 14.7 Å². The number of ketones is 1. The number of hydrogen-bond acceptors (Lipinski definition) is 6. The zero-order valence-corrected chi connectivity index (χ0v) is 24.3. The Balaban J connectivity index is 1.16. The molecule has 3 saturated heterocycles. The summed E-state index contributed by atoms with van der Waals surface area (Å²) in [5, 5.41) is 0.483. The zero-order chi connectivity index (χ0) is 29.9. The lowest BCUT2D eigenvalue weighted by atomic mass is 10.1. The van der Waals surface area contributed by atoms with Crippen molar-refractivity contribution in [1.29, 1.82) is 0 Å². The number of rotatable bonds is 8. The van der Waals surface area contributed by atoms with Crippen LogP contribution in [-0.2, 0) is 25.7 Å². The third-order valence-corrected chi connectivity index (χ3v) is 8.99. The molecular weight excluding hydrogens is 546 g/mol. The van der Waals surface area contributed by atoms with Crippen LogP contribution >= 0.6 is 0 Å². The smallest absolute Gasteiger partial charge is 0.261 e. The van der Waals surface area contributed by atoms with Gasteiger partial charge in [-0.15, -0.1) is 0 Å². The minimum Gasteiger partial charge on any atom is -0.342 e. The topological polar surface area (TPSA) is 113 Å². The fourth-order valence-corrected chi connectivity index (χ4v) is 6.76. The molecule has 0 saturated carbocycles. The van der Waals surface area contributed by atoms with Crippen LogP contribution < -0.4 is 5.56 Å². The molecule has 0 unspecified atom stereocenters. The Hall–Kier alpha value is -4.34. The van der Waals surface area contributed by atoms with Gasteiger partial charge in [0, 0.05) is 44.7 Å². The van der Waals surface area contributed by atoms with E-state index in [9.17, 15) is 24.0 Å². The molecule has 10 heteroatoms. The normalized spacial score (nSPS) is 20.2. The Morgan fingerprint density at radius 1 is 0.744 bits per heavy atom. The number of benzene rings is 2. The van der Waals surface area contributed by atoms with Crippen LogP contribution in [0.5, 0.6) is 0 Å². The van der Waals surface area contributed by atoms with E-state index in [0.717, 1.165) is 18.4 Å². The summed E-state index contributed by atoms with van der Waals surface area (Å²) >= 11 is 0. The van der Waals surface area contributed by atoms with Crippen LogP contribution in [0.3, 0.4) is 0 Å². The quantitative estimate of drug-likeness (QED) is 0.377. The number of aromatic nitrogens is 2. The highest BCUT2D eigenvalue weighted by molar-refractivity contribution is 6.02. The molecule has 2 atom stereocenters. The van der Waals surface area contributed by atoms with Gasteiger partial charge in [0.05, 0.1) is 23.4 Å². The molecular formula is C33H37N5O5. The number of amides is 3. The van der Waals surface area contributed by atoms with E-state index < -0.39 is 12.1 Å². The minimum absolute atomic E-state index is 0.0379. The first kappa shape index (κ1) is 28.8. The van der Waals surface area contributed by atoms with Gasteiger partial charge in [-0.1, -0.05) is 42.5 Å². The number of fused-ring (bicyclic) bond motifs is 1. The fourth-order valence-electron chi connectivity index (χ4n) is 6.76. The van der Waals surface area contributed by atoms with E-state index in [1.807, 2.05) is 36.4 Å². The fraction of sp³-hybridized carbons (Fsp3) is 0.455. The summed E-state index contributed by atoms with van der Waals surface area (Å²) in [6, 6.07) is 15.3. The van der Waals surface area contributed by atoms with Crippen molar-refractivity contribution < 1.29 is 19.2 Å². The molecule has 3 amide bonds. The average molecular weight is 584 g/mol. The monoisotopic (exact) mass is 583 g/mol. The van der Waals surface area contributed by atoms with Gasteiger partial charge in [-0.25, -0.2) is 4.98 Å². The second kappa shape index (κ2) is 12.5. The highest BCUT2D eigenvalue weighted by Gasteiger charge is 2.42. The Bertz CT molecular complexity index is 1600. The Morgan fingerprint density at radius 2 is 1.42 bits per heavy atom. The number of para-hydroxylation sites is 1. The second-order valence-electron chi connectivity index (χ2n) is 11.7. The Kier molecular flexibility index (Phi) is 8.35. The molecule has 3 aromatic rings. The summed E-state index contributed by atoms with van der Waals surface area (Å²) < 4.78 is 1.55. The van der Waals surface area contributed by atoms with Crippen molar-refractivity contribution in [3.63, 3.8) is 0 Å². The van der Waals surface area contributed by atoms with Gasteiger partial charge in [-0.3, -0.25) is 28.5 Å². The van der Waals surface area contributed by atoms with Gasteiger partial charge >= 0.3 is 0 Å². The molecule has 3 fully saturated rings. The van der Waals surface area contributed by atoms with E-state index in [1.54, 1.807) is 37.5 Å². The van der Waals surface area contributed by atoms with Crippen LogP contribution in [-0.4, -0.2) is 86.0 Å². The Labute approximate surface area is 250 Å². The summed E-state index contributed by atoms with van der Waals surface area (Å²) in [5.74, 6) is -0.304. The van der Waals surface area contributed by atoms with Crippen molar-refractivity contribution >= 4 is 34.4 Å². The lowest BCUT2D eigenvalue weighted by molar-refractivity contribution is -0.147. The van der Waals surface area contributed by atoms with Crippen LogP contribution in [0, 0.1) is 0 Å². The van der Waals surface area contributed by atoms with Crippen molar-refractivity contribution in [3.8, 4) is 11.4 Å². The first-order valence-electron chi connectivity index (χ1n) is 15.4. The zero-order valence-electron chi connectivity index (χ0n) is 24.3. The van der Waals surface area contributed by atoms with Crippen LogP contribution in [0.15, 0.2) is 59.4 Å². The van der Waals surface area contributed by atoms with Crippen LogP contribution in [0.25, 0.3) is 22.3 Å². The lowest BCUT2D eigenvalue weighted by Gasteiger charge is -2.31. The predicted octanol–water partition coefficient (Wildman–Crippen LogP) is 3.02. The number of hydrogen-bond donors (Lipinski definition) is 0. The number of nitrogens with zero attached hydrogens (tertiary/aromatic N) is 5. The average Bonchev–Trinajstić information content (AvgIpc) is 3.83. The van der Waals surface area contributed by atoms with E-state index in [0.29, 0.717) is 68.6 Å². The van der Waals surface area contributed by atoms with Gasteiger partial charge in [-0.05, 0) is 50.7 Å². The summed E-state index contributed by atoms with van der Waals surface area (Å²) in [6.07, 6.45) is 4.23. The van der Waals surface area contributed by atoms with Crippen molar-refractivity contribution in [2.45, 2.75) is 70.0 Å². The highest BCUT2D eigenvalue weighted by atomic mass is 16.2. The minimum atomic E-state index is -0.643. The van der Waals surface area contributed by atoms with Crippen LogP contribution in [0.4, 0.5) is 0 Å². The lowest BCUT2D eigenvalue weighted by Crippen LogP contribution is -2.51. The maximum Gasteiger partial charge on any atom is 0.261 e. The first-order chi connectivity index (χ1) is 20.9. The molecule has 3 aliphatic rings. The third kappa shape index (κ3) is 5.83. The van der Waals surface area contributed by atoms with Crippen molar-refractivity contribution in [2.24, 2.45) is 0 Å². The maximum atomic E-state index is 13.8. The first-order valence-corrected chi connectivity index (χ1v) is 15.4. The molecule has 0 N–H and O–H groups in total. The number of likely N-dealkylation sites (tertiary alicyclic amines) is 3.